The number of rotatable bonds is 8. The molecule has 0 fully saturated rings. The molecule has 1 aromatic rings. The van der Waals surface area contributed by atoms with Crippen molar-refractivity contribution < 1.29 is 31.4 Å². The van der Waals surface area contributed by atoms with Gasteiger partial charge in [0.25, 0.3) is 9.84 Å². The van der Waals surface area contributed by atoms with Gasteiger partial charge in [-0.3, -0.25) is 0 Å². The Balaban J connectivity index is 2.76. The van der Waals surface area contributed by atoms with Crippen molar-refractivity contribution in [2.45, 2.75) is 30.4 Å². The maximum Gasteiger partial charge on any atom is 0.501 e. The molecule has 9 heteroatoms. The van der Waals surface area contributed by atoms with Crippen LogP contribution in [0.2, 0.25) is 0 Å². The van der Waals surface area contributed by atoms with Gasteiger partial charge >= 0.3 is 5.51 Å². The molecule has 0 aliphatic carbocycles. The van der Waals surface area contributed by atoms with Crippen LogP contribution in [0.5, 0.6) is 0 Å². The average molecular weight is 355 g/mol. The molecule has 0 heterocycles. The monoisotopic (exact) mass is 355 g/mol. The number of hydrogen-bond acceptors (Lipinski definition) is 5. The van der Waals surface area contributed by atoms with E-state index in [1.807, 2.05) is 13.8 Å². The van der Waals surface area contributed by atoms with Crippen LogP contribution < -0.4 is 5.32 Å². The van der Waals surface area contributed by atoms with Gasteiger partial charge in [0, 0.05) is 13.2 Å². The average Bonchev–Trinajstić information content (AvgIpc) is 2.43. The van der Waals surface area contributed by atoms with E-state index in [9.17, 15) is 26.7 Å². The molecule has 0 saturated heterocycles. The Kier molecular flexibility index (Phi) is 6.84. The van der Waals surface area contributed by atoms with E-state index in [0.29, 0.717) is 6.61 Å². The second-order valence-electron chi connectivity index (χ2n) is 5.41. The van der Waals surface area contributed by atoms with Crippen LogP contribution in [0.1, 0.15) is 13.8 Å². The summed E-state index contributed by atoms with van der Waals surface area (Å²) in [5.74, 6) is 0.285. The van der Waals surface area contributed by atoms with Crippen molar-refractivity contribution in [2.75, 3.05) is 25.1 Å². The fraction of sp³-hybridized carbons (Fsp3) is 0.571. The van der Waals surface area contributed by atoms with E-state index in [0.717, 1.165) is 6.07 Å². The van der Waals surface area contributed by atoms with Crippen molar-refractivity contribution in [1.82, 2.24) is 0 Å². The number of anilines is 1. The second-order valence-corrected chi connectivity index (χ2v) is 7.32. The van der Waals surface area contributed by atoms with Crippen LogP contribution in [0.25, 0.3) is 0 Å². The van der Waals surface area contributed by atoms with Gasteiger partial charge in [-0.15, -0.1) is 0 Å². The van der Waals surface area contributed by atoms with E-state index in [1.54, 1.807) is 0 Å². The fourth-order valence-electron chi connectivity index (χ4n) is 1.70. The number of halogens is 3. The highest BCUT2D eigenvalue weighted by molar-refractivity contribution is 7.92. The van der Waals surface area contributed by atoms with E-state index in [-0.39, 0.29) is 24.8 Å². The number of benzene rings is 1. The molecule has 0 aliphatic rings. The highest BCUT2D eigenvalue weighted by Gasteiger charge is 2.47. The summed E-state index contributed by atoms with van der Waals surface area (Å²) in [4.78, 5) is -0.872. The van der Waals surface area contributed by atoms with Crippen LogP contribution in [-0.4, -0.2) is 44.9 Å². The van der Waals surface area contributed by atoms with Gasteiger partial charge in [0.05, 0.1) is 23.3 Å². The Morgan fingerprint density at radius 2 is 1.83 bits per heavy atom. The summed E-state index contributed by atoms with van der Waals surface area (Å²) in [5, 5.41) is 12.2. The smallest absolute Gasteiger partial charge is 0.389 e. The minimum atomic E-state index is -5.46. The van der Waals surface area contributed by atoms with Crippen molar-refractivity contribution in [3.8, 4) is 0 Å². The maximum absolute atomic E-state index is 12.7. The highest BCUT2D eigenvalue weighted by atomic mass is 32.2. The molecule has 2 N–H and O–H groups in total. The number of sulfone groups is 1. The maximum atomic E-state index is 12.7. The topological polar surface area (TPSA) is 75.6 Å². The molecule has 1 aromatic carbocycles. The van der Waals surface area contributed by atoms with Crippen molar-refractivity contribution in [2.24, 2.45) is 5.92 Å². The van der Waals surface area contributed by atoms with Gasteiger partial charge in [0.1, 0.15) is 0 Å². The predicted molar refractivity (Wildman–Crippen MR) is 79.8 cm³/mol. The molecule has 0 amide bonds. The molecule has 0 saturated carbocycles. The molecule has 1 unspecified atom stereocenters. The Bertz CT molecular complexity index is 602. The third-order valence-electron chi connectivity index (χ3n) is 2.77. The first-order valence-electron chi connectivity index (χ1n) is 6.95. The summed E-state index contributed by atoms with van der Waals surface area (Å²) in [6.45, 7) is 4.17. The second kappa shape index (κ2) is 7.98. The van der Waals surface area contributed by atoms with Gasteiger partial charge in [-0.05, 0) is 18.1 Å². The van der Waals surface area contributed by atoms with E-state index in [4.69, 9.17) is 4.74 Å². The molecule has 0 spiro atoms. The summed E-state index contributed by atoms with van der Waals surface area (Å²) in [6, 6.07) is 4.68. The Hall–Kier alpha value is -1.32. The number of aliphatic hydroxyl groups excluding tert-OH is 1. The van der Waals surface area contributed by atoms with Crippen LogP contribution >= 0.6 is 0 Å². The van der Waals surface area contributed by atoms with E-state index >= 15 is 0 Å². The van der Waals surface area contributed by atoms with Gasteiger partial charge in [0.2, 0.25) is 0 Å². The number of alkyl halides is 3. The number of ether oxygens (including phenoxy) is 1. The van der Waals surface area contributed by atoms with Crippen LogP contribution in [0.15, 0.2) is 29.2 Å². The lowest BCUT2D eigenvalue weighted by molar-refractivity contribution is -0.0435. The van der Waals surface area contributed by atoms with Crippen molar-refractivity contribution >= 4 is 15.5 Å². The van der Waals surface area contributed by atoms with Gasteiger partial charge < -0.3 is 15.2 Å². The lowest BCUT2D eigenvalue weighted by atomic mass is 10.2. The molecule has 0 aromatic heterocycles. The normalized spacial score (nSPS) is 14.0. The fourth-order valence-corrected chi connectivity index (χ4v) is 2.63. The first-order chi connectivity index (χ1) is 10.6. The van der Waals surface area contributed by atoms with Crippen molar-refractivity contribution in [3.63, 3.8) is 0 Å². The number of aliphatic hydroxyl groups is 1. The number of hydrogen-bond donors (Lipinski definition) is 2. The predicted octanol–water partition coefficient (Wildman–Crippen LogP) is 2.43. The first-order valence-corrected chi connectivity index (χ1v) is 8.44. The van der Waals surface area contributed by atoms with Crippen molar-refractivity contribution in [3.05, 3.63) is 24.3 Å². The van der Waals surface area contributed by atoms with E-state index < -0.39 is 26.3 Å². The van der Waals surface area contributed by atoms with Gasteiger partial charge in [-0.1, -0.05) is 26.0 Å². The number of para-hydroxylation sites is 1. The standard InChI is InChI=1S/C14H20F3NO4S/c1-10(2)8-22-9-11(19)7-18-12-5-3-4-6-13(12)23(20,21)14(15,16)17/h3-6,10-11,18-19H,7-9H2,1-2H3. The minimum Gasteiger partial charge on any atom is -0.389 e. The Labute approximate surface area is 133 Å². The van der Waals surface area contributed by atoms with Crippen LogP contribution in [0, 0.1) is 5.92 Å². The molecule has 1 atom stereocenters. The Morgan fingerprint density at radius 1 is 1.22 bits per heavy atom. The zero-order valence-corrected chi connectivity index (χ0v) is 13.6. The van der Waals surface area contributed by atoms with Crippen LogP contribution in [0.3, 0.4) is 0 Å². The summed E-state index contributed by atoms with van der Waals surface area (Å²) in [5.41, 5.74) is -5.60. The summed E-state index contributed by atoms with van der Waals surface area (Å²) >= 11 is 0. The van der Waals surface area contributed by atoms with Crippen molar-refractivity contribution in [1.29, 1.82) is 0 Å². The van der Waals surface area contributed by atoms with Crippen LogP contribution in [0.4, 0.5) is 18.9 Å². The quantitative estimate of drug-likeness (QED) is 0.749. The third kappa shape index (κ3) is 5.67. The minimum absolute atomic E-state index is 0.000627. The molecule has 0 bridgehead atoms. The van der Waals surface area contributed by atoms with Gasteiger partial charge in [0.15, 0.2) is 0 Å². The highest BCUT2D eigenvalue weighted by Crippen LogP contribution is 2.34. The largest absolute Gasteiger partial charge is 0.501 e. The van der Waals surface area contributed by atoms with E-state index in [2.05, 4.69) is 5.32 Å². The zero-order chi connectivity index (χ0) is 17.7. The van der Waals surface area contributed by atoms with Gasteiger partial charge in [-0.25, -0.2) is 8.42 Å². The number of nitrogens with one attached hydrogen (secondary N) is 1. The molecule has 132 valence electrons. The summed E-state index contributed by atoms with van der Waals surface area (Å²) < 4.78 is 66.2. The zero-order valence-electron chi connectivity index (χ0n) is 12.8. The molecule has 1 rings (SSSR count). The Morgan fingerprint density at radius 3 is 2.39 bits per heavy atom. The molecule has 0 radical (unpaired) electrons. The lowest BCUT2D eigenvalue weighted by Crippen LogP contribution is -2.28. The third-order valence-corrected chi connectivity index (χ3v) is 4.32. The van der Waals surface area contributed by atoms with Crippen LogP contribution in [-0.2, 0) is 14.6 Å². The van der Waals surface area contributed by atoms with E-state index in [1.165, 1.54) is 18.2 Å². The van der Waals surface area contributed by atoms with Gasteiger partial charge in [-0.2, -0.15) is 13.2 Å². The molecular weight excluding hydrogens is 335 g/mol. The molecule has 5 nitrogen and oxygen atoms in total. The molecular formula is C14H20F3NO4S. The first kappa shape index (κ1) is 19.7. The summed E-state index contributed by atoms with van der Waals surface area (Å²) in [7, 11) is -5.46. The SMILES string of the molecule is CC(C)COCC(O)CNc1ccccc1S(=O)(=O)C(F)(F)F. The summed E-state index contributed by atoms with van der Waals surface area (Å²) in [6.07, 6.45) is -0.976. The molecule has 23 heavy (non-hydrogen) atoms. The molecule has 0 aliphatic heterocycles. The lowest BCUT2D eigenvalue weighted by Gasteiger charge is -2.17.